The van der Waals surface area contributed by atoms with Gasteiger partial charge in [0.1, 0.15) is 17.4 Å². The van der Waals surface area contributed by atoms with Gasteiger partial charge < -0.3 is 9.80 Å². The zero-order valence-corrected chi connectivity index (χ0v) is 13.5. The van der Waals surface area contributed by atoms with Crippen molar-refractivity contribution in [3.05, 3.63) is 40.2 Å². The largest absolute Gasteiger partial charge is 0.367 e. The van der Waals surface area contributed by atoms with Gasteiger partial charge in [-0.05, 0) is 26.0 Å². The van der Waals surface area contributed by atoms with Crippen LogP contribution in [-0.2, 0) is 0 Å². The number of aromatic nitrogens is 1. The van der Waals surface area contributed by atoms with Gasteiger partial charge in [-0.15, -0.1) is 11.3 Å². The van der Waals surface area contributed by atoms with E-state index in [1.165, 1.54) is 10.9 Å². The minimum Gasteiger partial charge on any atom is -0.367 e. The van der Waals surface area contributed by atoms with Crippen LogP contribution in [0.25, 0.3) is 0 Å². The molecule has 0 N–H and O–H groups in total. The fourth-order valence-corrected chi connectivity index (χ4v) is 3.58. The van der Waals surface area contributed by atoms with E-state index in [9.17, 15) is 4.39 Å². The van der Waals surface area contributed by atoms with E-state index in [-0.39, 0.29) is 5.56 Å². The van der Waals surface area contributed by atoms with Gasteiger partial charge in [-0.3, -0.25) is 0 Å². The normalized spacial score (nSPS) is 15.0. The van der Waals surface area contributed by atoms with Crippen molar-refractivity contribution in [2.45, 2.75) is 13.8 Å². The third-order valence-corrected chi connectivity index (χ3v) is 5.15. The average molecular weight is 316 g/mol. The van der Waals surface area contributed by atoms with E-state index in [2.05, 4.69) is 21.7 Å². The Morgan fingerprint density at radius 1 is 1.18 bits per heavy atom. The van der Waals surface area contributed by atoms with Gasteiger partial charge in [0.25, 0.3) is 0 Å². The lowest BCUT2D eigenvalue weighted by molar-refractivity contribution is 0.616. The summed E-state index contributed by atoms with van der Waals surface area (Å²) < 4.78 is 13.7. The molecule has 0 radical (unpaired) electrons. The molecule has 1 fully saturated rings. The fraction of sp³-hybridized carbons (Fsp3) is 0.375. The molecular formula is C16H17FN4S. The first-order chi connectivity index (χ1) is 10.6. The van der Waals surface area contributed by atoms with Crippen molar-refractivity contribution in [3.63, 3.8) is 0 Å². The number of rotatable bonds is 2. The second-order valence-electron chi connectivity index (χ2n) is 5.36. The van der Waals surface area contributed by atoms with E-state index in [1.807, 2.05) is 19.1 Å². The Kier molecular flexibility index (Phi) is 3.99. The maximum absolute atomic E-state index is 13.7. The highest BCUT2D eigenvalue weighted by molar-refractivity contribution is 7.15. The topological polar surface area (TPSA) is 43.2 Å². The summed E-state index contributed by atoms with van der Waals surface area (Å²) >= 11 is 1.71. The molecular weight excluding hydrogens is 299 g/mol. The molecule has 1 aliphatic rings. The number of aryl methyl sites for hydroxylation is 2. The Morgan fingerprint density at radius 3 is 2.45 bits per heavy atom. The van der Waals surface area contributed by atoms with Crippen LogP contribution in [0.4, 0.5) is 15.2 Å². The number of hydrogen-bond acceptors (Lipinski definition) is 5. The number of anilines is 2. The maximum atomic E-state index is 13.7. The zero-order chi connectivity index (χ0) is 15.7. The van der Waals surface area contributed by atoms with E-state index in [4.69, 9.17) is 5.26 Å². The molecule has 22 heavy (non-hydrogen) atoms. The smallest absolute Gasteiger partial charge is 0.185 e. The lowest BCUT2D eigenvalue weighted by Gasteiger charge is -2.36. The molecule has 4 nitrogen and oxygen atoms in total. The van der Waals surface area contributed by atoms with Crippen LogP contribution >= 0.6 is 11.3 Å². The van der Waals surface area contributed by atoms with Gasteiger partial charge in [0, 0.05) is 31.1 Å². The van der Waals surface area contributed by atoms with Crippen molar-refractivity contribution in [1.82, 2.24) is 4.98 Å². The van der Waals surface area contributed by atoms with E-state index >= 15 is 0 Å². The number of piperazine rings is 1. The van der Waals surface area contributed by atoms with E-state index in [0.717, 1.165) is 37.0 Å². The predicted molar refractivity (Wildman–Crippen MR) is 87.1 cm³/mol. The Hall–Kier alpha value is -2.13. The van der Waals surface area contributed by atoms with Gasteiger partial charge in [-0.1, -0.05) is 6.07 Å². The monoisotopic (exact) mass is 316 g/mol. The number of thiazole rings is 1. The average Bonchev–Trinajstić information content (AvgIpc) is 2.87. The molecule has 6 heteroatoms. The summed E-state index contributed by atoms with van der Waals surface area (Å²) in [6.07, 6.45) is 0. The Bertz CT molecular complexity index is 707. The molecule has 2 heterocycles. The molecule has 0 bridgehead atoms. The number of hydrogen-bond donors (Lipinski definition) is 0. The van der Waals surface area contributed by atoms with Crippen molar-refractivity contribution in [3.8, 4) is 6.07 Å². The van der Waals surface area contributed by atoms with Crippen LogP contribution in [0.3, 0.4) is 0 Å². The first-order valence-electron chi connectivity index (χ1n) is 7.22. The first kappa shape index (κ1) is 14.8. The first-order valence-corrected chi connectivity index (χ1v) is 8.04. The molecule has 0 atom stereocenters. The number of halogens is 1. The van der Waals surface area contributed by atoms with Crippen molar-refractivity contribution in [2.75, 3.05) is 36.0 Å². The highest BCUT2D eigenvalue weighted by Crippen LogP contribution is 2.28. The molecule has 0 spiro atoms. The van der Waals surface area contributed by atoms with Crippen LogP contribution in [0.15, 0.2) is 18.2 Å². The lowest BCUT2D eigenvalue weighted by Crippen LogP contribution is -2.46. The summed E-state index contributed by atoms with van der Waals surface area (Å²) in [5.41, 5.74) is 1.91. The Morgan fingerprint density at radius 2 is 1.86 bits per heavy atom. The molecule has 0 amide bonds. The molecule has 1 saturated heterocycles. The van der Waals surface area contributed by atoms with Crippen molar-refractivity contribution in [2.24, 2.45) is 0 Å². The third kappa shape index (κ3) is 2.64. The molecule has 2 aromatic rings. The van der Waals surface area contributed by atoms with Crippen LogP contribution < -0.4 is 9.80 Å². The summed E-state index contributed by atoms with van der Waals surface area (Å²) in [5, 5.41) is 10.2. The number of nitrogens with zero attached hydrogens (tertiary/aromatic N) is 4. The third-order valence-electron chi connectivity index (χ3n) is 4.01. The van der Waals surface area contributed by atoms with Crippen molar-refractivity contribution < 1.29 is 4.39 Å². The van der Waals surface area contributed by atoms with Crippen molar-refractivity contribution in [1.29, 1.82) is 5.26 Å². The molecule has 114 valence electrons. The fourth-order valence-electron chi connectivity index (χ4n) is 2.62. The molecule has 3 rings (SSSR count). The second kappa shape index (κ2) is 5.93. The van der Waals surface area contributed by atoms with Crippen molar-refractivity contribution >= 4 is 22.2 Å². The van der Waals surface area contributed by atoms with E-state index in [0.29, 0.717) is 5.69 Å². The second-order valence-corrected chi connectivity index (χ2v) is 6.54. The minimum absolute atomic E-state index is 0.136. The molecule has 1 aliphatic heterocycles. The quantitative estimate of drug-likeness (QED) is 0.854. The predicted octanol–water partition coefficient (Wildman–Crippen LogP) is 3.10. The van der Waals surface area contributed by atoms with Crippen LogP contribution in [0.5, 0.6) is 0 Å². The van der Waals surface area contributed by atoms with Gasteiger partial charge in [0.2, 0.25) is 0 Å². The maximum Gasteiger partial charge on any atom is 0.185 e. The van der Waals surface area contributed by atoms with Crippen LogP contribution in [-0.4, -0.2) is 31.2 Å². The van der Waals surface area contributed by atoms with Crippen LogP contribution in [0.1, 0.15) is 16.1 Å². The lowest BCUT2D eigenvalue weighted by atomic mass is 10.1. The van der Waals surface area contributed by atoms with Gasteiger partial charge in [0.15, 0.2) is 5.13 Å². The van der Waals surface area contributed by atoms with Gasteiger partial charge >= 0.3 is 0 Å². The highest BCUT2D eigenvalue weighted by Gasteiger charge is 2.22. The van der Waals surface area contributed by atoms with E-state index in [1.54, 1.807) is 17.4 Å². The minimum atomic E-state index is -0.450. The van der Waals surface area contributed by atoms with Crippen LogP contribution in [0, 0.1) is 31.0 Å². The summed E-state index contributed by atoms with van der Waals surface area (Å²) in [6, 6.07) is 6.78. The molecule has 0 aliphatic carbocycles. The SMILES string of the molecule is Cc1nc(N2CCN(c3cccc(F)c3C#N)CC2)sc1C. The summed E-state index contributed by atoms with van der Waals surface area (Å²) in [4.78, 5) is 10.2. The molecule has 0 unspecified atom stereocenters. The summed E-state index contributed by atoms with van der Waals surface area (Å²) in [6.45, 7) is 7.28. The Labute approximate surface area is 133 Å². The van der Waals surface area contributed by atoms with E-state index < -0.39 is 5.82 Å². The molecule has 1 aromatic carbocycles. The van der Waals surface area contributed by atoms with Gasteiger partial charge in [-0.25, -0.2) is 9.37 Å². The van der Waals surface area contributed by atoms with Gasteiger partial charge in [0.05, 0.1) is 11.4 Å². The highest BCUT2D eigenvalue weighted by atomic mass is 32.1. The number of nitriles is 1. The standard InChI is InChI=1S/C16H17FN4S/c1-11-12(2)22-16(19-11)21-8-6-20(7-9-21)15-5-3-4-14(17)13(15)10-18/h3-5H,6-9H2,1-2H3. The number of benzene rings is 1. The molecule has 0 saturated carbocycles. The summed E-state index contributed by atoms with van der Waals surface area (Å²) in [7, 11) is 0. The molecule has 1 aromatic heterocycles. The van der Waals surface area contributed by atoms with Gasteiger partial charge in [-0.2, -0.15) is 5.26 Å². The van der Waals surface area contributed by atoms with Crippen LogP contribution in [0.2, 0.25) is 0 Å². The summed E-state index contributed by atoms with van der Waals surface area (Å²) in [5.74, 6) is -0.450. The Balaban J connectivity index is 1.75. The zero-order valence-electron chi connectivity index (χ0n) is 12.6.